The second-order valence-corrected chi connectivity index (χ2v) is 4.70. The van der Waals surface area contributed by atoms with Crippen LogP contribution in [0.2, 0.25) is 0 Å². The molecule has 1 aliphatic rings. The van der Waals surface area contributed by atoms with Crippen LogP contribution >= 0.6 is 0 Å². The second kappa shape index (κ2) is 5.07. The van der Waals surface area contributed by atoms with Crippen LogP contribution < -0.4 is 5.32 Å². The van der Waals surface area contributed by atoms with Crippen LogP contribution in [-0.4, -0.2) is 58.0 Å². The standard InChI is InChI=1S/C12H20N4O2/c1-4-16-9(5-8(2)14-16)12(18)15(3)10-6-13-7-11(10)17/h5,10-11,13,17H,4,6-7H2,1-3H3/t10-,11-/m0/s1. The number of aliphatic hydroxyl groups is 1. The van der Waals surface area contributed by atoms with Crippen LogP contribution in [-0.2, 0) is 6.54 Å². The summed E-state index contributed by atoms with van der Waals surface area (Å²) in [6.07, 6.45) is -0.502. The minimum absolute atomic E-state index is 0.0924. The van der Waals surface area contributed by atoms with E-state index in [1.54, 1.807) is 22.7 Å². The molecule has 6 nitrogen and oxygen atoms in total. The molecule has 1 aromatic heterocycles. The van der Waals surface area contributed by atoms with E-state index >= 15 is 0 Å². The highest BCUT2D eigenvalue weighted by molar-refractivity contribution is 5.92. The average molecular weight is 252 g/mol. The topological polar surface area (TPSA) is 70.4 Å². The van der Waals surface area contributed by atoms with E-state index in [0.29, 0.717) is 25.3 Å². The van der Waals surface area contributed by atoms with Crippen molar-refractivity contribution in [3.05, 3.63) is 17.5 Å². The maximum Gasteiger partial charge on any atom is 0.272 e. The summed E-state index contributed by atoms with van der Waals surface area (Å²) in [4.78, 5) is 14.0. The van der Waals surface area contributed by atoms with Gasteiger partial charge in [0.05, 0.1) is 17.8 Å². The summed E-state index contributed by atoms with van der Waals surface area (Å²) in [6.45, 7) is 5.65. The SMILES string of the molecule is CCn1nc(C)cc1C(=O)N(C)[C@H]1CNC[C@@H]1O. The fourth-order valence-corrected chi connectivity index (χ4v) is 2.34. The zero-order valence-corrected chi connectivity index (χ0v) is 11.1. The van der Waals surface area contributed by atoms with Crippen LogP contribution in [0.1, 0.15) is 23.1 Å². The van der Waals surface area contributed by atoms with Crippen molar-refractivity contribution in [3.63, 3.8) is 0 Å². The number of carbonyl (C=O) groups is 1. The van der Waals surface area contributed by atoms with Gasteiger partial charge in [0, 0.05) is 26.7 Å². The first-order valence-electron chi connectivity index (χ1n) is 6.25. The van der Waals surface area contributed by atoms with Crippen LogP contribution in [0.5, 0.6) is 0 Å². The van der Waals surface area contributed by atoms with Gasteiger partial charge in [0.1, 0.15) is 5.69 Å². The average Bonchev–Trinajstić information content (AvgIpc) is 2.93. The zero-order chi connectivity index (χ0) is 13.3. The lowest BCUT2D eigenvalue weighted by Crippen LogP contribution is -2.44. The molecule has 1 saturated heterocycles. The Bertz CT molecular complexity index is 443. The Morgan fingerprint density at radius 3 is 2.94 bits per heavy atom. The second-order valence-electron chi connectivity index (χ2n) is 4.70. The summed E-state index contributed by atoms with van der Waals surface area (Å²) in [5, 5.41) is 17.2. The highest BCUT2D eigenvalue weighted by Crippen LogP contribution is 2.13. The van der Waals surface area contributed by atoms with Gasteiger partial charge >= 0.3 is 0 Å². The Labute approximate surface area is 107 Å². The van der Waals surface area contributed by atoms with Crippen LogP contribution in [0.3, 0.4) is 0 Å². The maximum absolute atomic E-state index is 12.4. The monoisotopic (exact) mass is 252 g/mol. The van der Waals surface area contributed by atoms with Crippen molar-refractivity contribution in [3.8, 4) is 0 Å². The minimum atomic E-state index is -0.502. The number of likely N-dealkylation sites (N-methyl/N-ethyl adjacent to an activating group) is 1. The van der Waals surface area contributed by atoms with Crippen molar-refractivity contribution in [1.82, 2.24) is 20.0 Å². The lowest BCUT2D eigenvalue weighted by molar-refractivity contribution is 0.0570. The van der Waals surface area contributed by atoms with Gasteiger partial charge in [-0.3, -0.25) is 9.48 Å². The van der Waals surface area contributed by atoms with Crippen LogP contribution in [0.25, 0.3) is 0 Å². The molecule has 1 aromatic rings. The molecule has 2 N–H and O–H groups in total. The van der Waals surface area contributed by atoms with Crippen molar-refractivity contribution < 1.29 is 9.90 Å². The number of aliphatic hydroxyl groups excluding tert-OH is 1. The normalized spacial score (nSPS) is 23.3. The van der Waals surface area contributed by atoms with Crippen molar-refractivity contribution in [1.29, 1.82) is 0 Å². The highest BCUT2D eigenvalue weighted by Gasteiger charge is 2.32. The third-order valence-electron chi connectivity index (χ3n) is 3.39. The summed E-state index contributed by atoms with van der Waals surface area (Å²) in [7, 11) is 1.73. The van der Waals surface area contributed by atoms with E-state index in [4.69, 9.17) is 0 Å². The minimum Gasteiger partial charge on any atom is -0.390 e. The first-order valence-corrected chi connectivity index (χ1v) is 6.25. The van der Waals surface area contributed by atoms with Gasteiger partial charge in [0.15, 0.2) is 0 Å². The van der Waals surface area contributed by atoms with Crippen LogP contribution in [0.4, 0.5) is 0 Å². The smallest absolute Gasteiger partial charge is 0.272 e. The van der Waals surface area contributed by atoms with Crippen molar-refractivity contribution in [2.45, 2.75) is 32.5 Å². The third-order valence-corrected chi connectivity index (χ3v) is 3.39. The molecule has 1 fully saturated rings. The van der Waals surface area contributed by atoms with E-state index in [1.165, 1.54) is 0 Å². The zero-order valence-electron chi connectivity index (χ0n) is 11.1. The van der Waals surface area contributed by atoms with Gasteiger partial charge in [-0.25, -0.2) is 0 Å². The highest BCUT2D eigenvalue weighted by atomic mass is 16.3. The van der Waals surface area contributed by atoms with Gasteiger partial charge in [-0.2, -0.15) is 5.10 Å². The molecule has 18 heavy (non-hydrogen) atoms. The number of β-amino-alcohol motifs (C(OH)–C–C–N with tert-alkyl or cyclic N) is 1. The number of nitrogens with zero attached hydrogens (tertiary/aromatic N) is 3. The molecule has 1 amide bonds. The van der Waals surface area contributed by atoms with Crippen LogP contribution in [0.15, 0.2) is 6.07 Å². The van der Waals surface area contributed by atoms with E-state index in [1.807, 2.05) is 13.8 Å². The molecule has 1 aliphatic heterocycles. The van der Waals surface area contributed by atoms with Gasteiger partial charge < -0.3 is 15.3 Å². The predicted octanol–water partition coefficient (Wildman–Crippen LogP) is -0.384. The molecule has 6 heteroatoms. The quantitative estimate of drug-likeness (QED) is 0.769. The number of hydrogen-bond acceptors (Lipinski definition) is 4. The Balaban J connectivity index is 2.19. The predicted molar refractivity (Wildman–Crippen MR) is 67.4 cm³/mol. The molecule has 2 heterocycles. The summed E-state index contributed by atoms with van der Waals surface area (Å²) < 4.78 is 1.70. The largest absolute Gasteiger partial charge is 0.390 e. The van der Waals surface area contributed by atoms with Crippen LogP contribution in [0, 0.1) is 6.92 Å². The van der Waals surface area contributed by atoms with E-state index in [2.05, 4.69) is 10.4 Å². The number of rotatable bonds is 3. The van der Waals surface area contributed by atoms with Gasteiger partial charge in [-0.05, 0) is 19.9 Å². The molecular formula is C12H20N4O2. The molecule has 0 saturated carbocycles. The summed E-state index contributed by atoms with van der Waals surface area (Å²) >= 11 is 0. The molecule has 0 unspecified atom stereocenters. The van der Waals surface area contributed by atoms with E-state index < -0.39 is 6.10 Å². The Morgan fingerprint density at radius 1 is 1.67 bits per heavy atom. The molecule has 0 radical (unpaired) electrons. The summed E-state index contributed by atoms with van der Waals surface area (Å²) in [5.74, 6) is -0.0924. The molecule has 100 valence electrons. The van der Waals surface area contributed by atoms with Gasteiger partial charge in [0.2, 0.25) is 0 Å². The lowest BCUT2D eigenvalue weighted by Gasteiger charge is -2.26. The van der Waals surface area contributed by atoms with Gasteiger partial charge in [0.25, 0.3) is 5.91 Å². The Kier molecular flexibility index (Phi) is 3.68. The van der Waals surface area contributed by atoms with Crippen molar-refractivity contribution in [2.75, 3.05) is 20.1 Å². The summed E-state index contributed by atoms with van der Waals surface area (Å²) in [6, 6.07) is 1.62. The number of amides is 1. The number of aryl methyl sites for hydroxylation is 2. The first kappa shape index (κ1) is 13.0. The fraction of sp³-hybridized carbons (Fsp3) is 0.667. The Hall–Kier alpha value is -1.40. The molecule has 0 aliphatic carbocycles. The maximum atomic E-state index is 12.4. The molecular weight excluding hydrogens is 232 g/mol. The Morgan fingerprint density at radius 2 is 2.39 bits per heavy atom. The molecule has 0 bridgehead atoms. The van der Waals surface area contributed by atoms with Gasteiger partial charge in [-0.15, -0.1) is 0 Å². The number of carbonyl (C=O) groups excluding carboxylic acids is 1. The number of aromatic nitrogens is 2. The van der Waals surface area contributed by atoms with E-state index in [9.17, 15) is 9.90 Å². The molecule has 2 rings (SSSR count). The van der Waals surface area contributed by atoms with E-state index in [-0.39, 0.29) is 11.9 Å². The molecule has 2 atom stereocenters. The third kappa shape index (κ3) is 2.26. The van der Waals surface area contributed by atoms with Gasteiger partial charge in [-0.1, -0.05) is 0 Å². The number of hydrogen-bond donors (Lipinski definition) is 2. The number of nitrogens with one attached hydrogen (secondary N) is 1. The van der Waals surface area contributed by atoms with Crippen molar-refractivity contribution >= 4 is 5.91 Å². The molecule has 0 spiro atoms. The first-order chi connectivity index (χ1) is 8.54. The summed E-state index contributed by atoms with van der Waals surface area (Å²) in [5.41, 5.74) is 1.41. The van der Waals surface area contributed by atoms with Crippen molar-refractivity contribution in [2.24, 2.45) is 0 Å². The van der Waals surface area contributed by atoms with E-state index in [0.717, 1.165) is 5.69 Å². The fourth-order valence-electron chi connectivity index (χ4n) is 2.34. The molecule has 0 aromatic carbocycles. The lowest BCUT2D eigenvalue weighted by atomic mass is 10.2.